The number of hydrogen-bond acceptors (Lipinski definition) is 4. The number of thioether (sulfide) groups is 2. The number of aliphatic hydroxyl groups is 1. The van der Waals surface area contributed by atoms with E-state index in [2.05, 4.69) is 12.1 Å². The summed E-state index contributed by atoms with van der Waals surface area (Å²) in [7, 11) is 0. The zero-order valence-electron chi connectivity index (χ0n) is 13.9. The fraction of sp³-hybridized carbons (Fsp3) is 0.400. The van der Waals surface area contributed by atoms with Crippen LogP contribution >= 0.6 is 23.5 Å². The molecule has 1 N–H and O–H groups in total. The molecular formula is C20H24O2S2. The first-order valence-corrected chi connectivity index (χ1v) is 10.2. The van der Waals surface area contributed by atoms with Crippen molar-refractivity contribution in [1.29, 1.82) is 0 Å². The van der Waals surface area contributed by atoms with Gasteiger partial charge in [-0.3, -0.25) is 0 Å². The van der Waals surface area contributed by atoms with Crippen LogP contribution in [-0.2, 0) is 10.3 Å². The van der Waals surface area contributed by atoms with Crippen LogP contribution in [0.3, 0.4) is 0 Å². The van der Waals surface area contributed by atoms with Crippen molar-refractivity contribution in [2.24, 2.45) is 0 Å². The van der Waals surface area contributed by atoms with Gasteiger partial charge in [-0.15, -0.1) is 23.5 Å². The van der Waals surface area contributed by atoms with E-state index in [0.717, 1.165) is 25.0 Å². The Morgan fingerprint density at radius 2 is 1.71 bits per heavy atom. The second kappa shape index (κ2) is 8.43. The Bertz CT molecular complexity index is 610. The van der Waals surface area contributed by atoms with Crippen LogP contribution in [0.5, 0.6) is 0 Å². The molecule has 2 nitrogen and oxygen atoms in total. The first-order valence-electron chi connectivity index (χ1n) is 8.43. The topological polar surface area (TPSA) is 29.5 Å². The van der Waals surface area contributed by atoms with Gasteiger partial charge >= 0.3 is 0 Å². The number of benzene rings is 2. The Hall–Kier alpha value is -0.940. The summed E-state index contributed by atoms with van der Waals surface area (Å²) in [6.45, 7) is 2.74. The average Bonchev–Trinajstić information content (AvgIpc) is 2.64. The van der Waals surface area contributed by atoms with Gasteiger partial charge in [-0.25, -0.2) is 0 Å². The predicted molar refractivity (Wildman–Crippen MR) is 103 cm³/mol. The highest BCUT2D eigenvalue weighted by molar-refractivity contribution is 8.17. The molecule has 4 heteroatoms. The van der Waals surface area contributed by atoms with E-state index in [0.29, 0.717) is 0 Å². The Balaban J connectivity index is 1.82. The predicted octanol–water partition coefficient (Wildman–Crippen LogP) is 5.27. The van der Waals surface area contributed by atoms with E-state index in [4.69, 9.17) is 4.74 Å². The molecule has 0 aromatic heterocycles. The minimum absolute atomic E-state index is 0.0367. The molecule has 0 amide bonds. The van der Waals surface area contributed by atoms with Crippen molar-refractivity contribution < 1.29 is 9.84 Å². The summed E-state index contributed by atoms with van der Waals surface area (Å²) in [5.41, 5.74) is 0.171. The fourth-order valence-corrected chi connectivity index (χ4v) is 5.77. The minimum Gasteiger partial charge on any atom is -0.383 e. The summed E-state index contributed by atoms with van der Waals surface area (Å²) in [4.78, 5) is 1.17. The maximum atomic E-state index is 11.3. The van der Waals surface area contributed by atoms with Gasteiger partial charge in [0.15, 0.2) is 0 Å². The molecule has 3 atom stereocenters. The van der Waals surface area contributed by atoms with Crippen molar-refractivity contribution in [2.75, 3.05) is 6.61 Å². The van der Waals surface area contributed by atoms with Crippen molar-refractivity contribution >= 4 is 23.5 Å². The second-order valence-corrected chi connectivity index (χ2v) is 8.95. The Morgan fingerprint density at radius 1 is 1.04 bits per heavy atom. The van der Waals surface area contributed by atoms with Gasteiger partial charge in [0.05, 0.1) is 4.58 Å². The molecule has 1 aliphatic rings. The van der Waals surface area contributed by atoms with E-state index in [9.17, 15) is 5.11 Å². The van der Waals surface area contributed by atoms with Gasteiger partial charge in [0.1, 0.15) is 11.0 Å². The number of ether oxygens (including phenoxy) is 1. The lowest BCUT2D eigenvalue weighted by atomic mass is 9.98. The quantitative estimate of drug-likeness (QED) is 0.561. The number of rotatable bonds is 6. The zero-order valence-corrected chi connectivity index (χ0v) is 15.6. The van der Waals surface area contributed by atoms with E-state index < -0.39 is 5.60 Å². The lowest BCUT2D eigenvalue weighted by Gasteiger charge is -2.35. The summed E-state index contributed by atoms with van der Waals surface area (Å²) in [6, 6.07) is 20.2. The maximum Gasteiger partial charge on any atom is 0.108 e. The van der Waals surface area contributed by atoms with Gasteiger partial charge in [0, 0.05) is 11.5 Å². The largest absolute Gasteiger partial charge is 0.383 e. The summed E-state index contributed by atoms with van der Waals surface area (Å²) >= 11 is 3.47. The Morgan fingerprint density at radius 3 is 2.33 bits per heavy atom. The van der Waals surface area contributed by atoms with Gasteiger partial charge in [0.25, 0.3) is 0 Å². The summed E-state index contributed by atoms with van der Waals surface area (Å²) in [5.74, 6) is 0. The molecule has 128 valence electrons. The van der Waals surface area contributed by atoms with Crippen LogP contribution in [-0.4, -0.2) is 21.7 Å². The third kappa shape index (κ3) is 4.57. The lowest BCUT2D eigenvalue weighted by molar-refractivity contribution is 0.0620. The third-order valence-corrected chi connectivity index (χ3v) is 7.44. The van der Waals surface area contributed by atoms with Crippen LogP contribution in [0, 0.1) is 0 Å². The lowest BCUT2D eigenvalue weighted by Crippen LogP contribution is -2.34. The molecule has 0 aliphatic carbocycles. The van der Waals surface area contributed by atoms with Crippen LogP contribution in [0.15, 0.2) is 65.6 Å². The molecule has 0 spiro atoms. The molecule has 2 aromatic rings. The molecule has 3 rings (SSSR count). The van der Waals surface area contributed by atoms with E-state index in [1.165, 1.54) is 11.3 Å². The smallest absolute Gasteiger partial charge is 0.108 e. The normalized spacial score (nSPS) is 21.8. The highest BCUT2D eigenvalue weighted by Crippen LogP contribution is 2.46. The highest BCUT2D eigenvalue weighted by Gasteiger charge is 2.37. The molecule has 1 saturated heterocycles. The molecule has 24 heavy (non-hydrogen) atoms. The maximum absolute atomic E-state index is 11.3. The van der Waals surface area contributed by atoms with Crippen molar-refractivity contribution in [2.45, 2.75) is 46.7 Å². The van der Waals surface area contributed by atoms with Crippen LogP contribution in [0.2, 0.25) is 0 Å². The average molecular weight is 361 g/mol. The Kier molecular flexibility index (Phi) is 6.28. The van der Waals surface area contributed by atoms with Crippen molar-refractivity contribution in [1.82, 2.24) is 0 Å². The van der Waals surface area contributed by atoms with Gasteiger partial charge in [-0.2, -0.15) is 0 Å². The van der Waals surface area contributed by atoms with Crippen LogP contribution in [0.1, 0.15) is 31.7 Å². The molecule has 1 aliphatic heterocycles. The molecule has 0 bridgehead atoms. The van der Waals surface area contributed by atoms with Gasteiger partial charge in [-0.1, -0.05) is 48.5 Å². The van der Waals surface area contributed by atoms with Crippen LogP contribution < -0.4 is 0 Å². The third-order valence-electron chi connectivity index (χ3n) is 4.22. The molecule has 2 aromatic carbocycles. The van der Waals surface area contributed by atoms with Crippen LogP contribution in [0.4, 0.5) is 0 Å². The van der Waals surface area contributed by atoms with E-state index in [-0.39, 0.29) is 10.0 Å². The molecular weight excluding hydrogens is 336 g/mol. The number of hydrogen-bond donors (Lipinski definition) is 1. The summed E-state index contributed by atoms with van der Waals surface area (Å²) in [5, 5.41) is 11.3. The van der Waals surface area contributed by atoms with E-state index in [1.807, 2.05) is 55.5 Å². The summed E-state index contributed by atoms with van der Waals surface area (Å²) < 4.78 is 5.88. The van der Waals surface area contributed by atoms with E-state index >= 15 is 0 Å². The molecule has 1 fully saturated rings. The SMILES string of the molecule is C[C@@](O)(c1ccccc1)[C@@H](Sc1ccccc1)S[C@@H]1CCCCO1. The Labute approximate surface area is 153 Å². The first-order chi connectivity index (χ1) is 11.7. The molecule has 0 saturated carbocycles. The van der Waals surface area contributed by atoms with Gasteiger partial charge in [-0.05, 0) is 43.9 Å². The van der Waals surface area contributed by atoms with Crippen LogP contribution in [0.25, 0.3) is 0 Å². The summed E-state index contributed by atoms with van der Waals surface area (Å²) in [6.07, 6.45) is 3.40. The first kappa shape index (κ1) is 17.9. The van der Waals surface area contributed by atoms with Gasteiger partial charge < -0.3 is 9.84 Å². The minimum atomic E-state index is -0.937. The van der Waals surface area contributed by atoms with Crippen molar-refractivity contribution in [3.8, 4) is 0 Å². The molecule has 1 heterocycles. The van der Waals surface area contributed by atoms with Crippen molar-refractivity contribution in [3.05, 3.63) is 66.2 Å². The zero-order chi connectivity index (χ0) is 16.8. The monoisotopic (exact) mass is 360 g/mol. The molecule has 0 unspecified atom stereocenters. The van der Waals surface area contributed by atoms with Crippen molar-refractivity contribution in [3.63, 3.8) is 0 Å². The fourth-order valence-electron chi connectivity index (χ4n) is 2.77. The van der Waals surface area contributed by atoms with Gasteiger partial charge in [0.2, 0.25) is 0 Å². The standard InChI is InChI=1S/C20H24O2S2/c1-20(21,16-10-4-2-5-11-16)19(23-17-12-6-3-7-13-17)24-18-14-8-9-15-22-18/h2-7,10-13,18-19,21H,8-9,14-15H2,1H3/t18-,19+,20-/m1/s1. The second-order valence-electron chi connectivity index (χ2n) is 6.21. The highest BCUT2D eigenvalue weighted by atomic mass is 32.2. The molecule has 0 radical (unpaired) electrons. The van der Waals surface area contributed by atoms with E-state index in [1.54, 1.807) is 23.5 Å².